The Morgan fingerprint density at radius 1 is 0.177 bits per heavy atom. The second-order valence-electron chi connectivity index (χ2n) is 33.5. The van der Waals surface area contributed by atoms with Gasteiger partial charge in [-0.2, -0.15) is 0 Å². The van der Waals surface area contributed by atoms with Crippen LogP contribution in [-0.2, 0) is 5.41 Å². The van der Waals surface area contributed by atoms with Crippen molar-refractivity contribution in [1.29, 1.82) is 0 Å². The van der Waals surface area contributed by atoms with Crippen molar-refractivity contribution in [2.24, 2.45) is 0 Å². The number of hydrogen-bond donors (Lipinski definition) is 0. The number of nitrogens with zero attached hydrogens (tertiary/aromatic N) is 6. The Morgan fingerprint density at radius 3 is 0.584 bits per heavy atom. The molecule has 0 saturated heterocycles. The highest BCUT2D eigenvalue weighted by Gasteiger charge is 2.54. The fourth-order valence-electron chi connectivity index (χ4n) is 20.5. The molecule has 0 spiro atoms. The molecule has 6 aliphatic rings. The number of anilines is 18. The number of hydrogen-bond acceptors (Lipinski definition) is 6. The molecule has 0 unspecified atom stereocenters. The predicted molar refractivity (Wildman–Crippen MR) is 484 cm³/mol. The summed E-state index contributed by atoms with van der Waals surface area (Å²) in [6.45, 7) is 28.9. The monoisotopic (exact) mass is 1450 g/mol. The third-order valence-corrected chi connectivity index (χ3v) is 25.6. The minimum absolute atomic E-state index is 0.246. The minimum Gasteiger partial charge on any atom is -0.311 e. The van der Waals surface area contributed by atoms with Crippen LogP contribution < -0.4 is 78.6 Å². The summed E-state index contributed by atoms with van der Waals surface area (Å²) in [5.41, 5.74) is 50.0. The number of rotatable bonds is 9. The normalized spacial score (nSPS) is 13.7. The first-order valence-corrected chi connectivity index (χ1v) is 40.2. The van der Waals surface area contributed by atoms with Crippen LogP contribution in [0.15, 0.2) is 291 Å². The second kappa shape index (κ2) is 25.4. The van der Waals surface area contributed by atoms with Gasteiger partial charge in [-0.25, -0.2) is 0 Å². The zero-order valence-corrected chi connectivity index (χ0v) is 66.6. The fourth-order valence-corrected chi connectivity index (χ4v) is 20.5. The van der Waals surface area contributed by atoms with Crippen LogP contribution in [0.1, 0.15) is 90.4 Å². The van der Waals surface area contributed by atoms with Gasteiger partial charge in [-0.1, -0.05) is 196 Å². The molecule has 6 nitrogen and oxygen atoms in total. The summed E-state index contributed by atoms with van der Waals surface area (Å²) in [6.07, 6.45) is 0. The molecule has 0 aliphatic carbocycles. The lowest BCUT2D eigenvalue weighted by Crippen LogP contribution is -2.66. The van der Waals surface area contributed by atoms with Crippen LogP contribution in [0.5, 0.6) is 0 Å². The van der Waals surface area contributed by atoms with E-state index in [0.717, 1.165) is 34.1 Å². The van der Waals surface area contributed by atoms with E-state index in [1.54, 1.807) is 0 Å². The maximum atomic E-state index is 2.68. The molecule has 0 bridgehead atoms. The van der Waals surface area contributed by atoms with Crippen molar-refractivity contribution in [3.05, 3.63) is 375 Å². The standard InChI is InChI=1S/C104H87B3N6/c1-62-23-38-74(39-24-62)108-86-50-35-68(7)53-83(86)105-98-80(17-14-20-89(98)111(77-44-29-65(4)30-45-77)95-59-71(10)56-92(108)101(95)105)104(13,81-18-15-21-90-99(81)106-84-54-69(8)36-51-87(84)109(75-40-25-63(2)26-41-75)93-57-72(11)60-96(102(93)106)112(90)78-46-31-66(5)32-47-78)82-19-16-22-91-100(82)107-85-55-70(9)37-52-88(85)110(76-42-27-64(3)28-43-76)94-58-73(12)61-97(103(94)107)113(91)79-48-33-67(6)34-49-79/h14-61H,1-13H3. The summed E-state index contributed by atoms with van der Waals surface area (Å²) < 4.78 is 0. The third-order valence-electron chi connectivity index (χ3n) is 25.6. The first-order valence-electron chi connectivity index (χ1n) is 40.2. The molecule has 542 valence electrons. The highest BCUT2D eigenvalue weighted by atomic mass is 15.2. The van der Waals surface area contributed by atoms with Crippen LogP contribution in [0, 0.1) is 83.1 Å². The van der Waals surface area contributed by atoms with Crippen molar-refractivity contribution in [2.45, 2.75) is 95.4 Å². The molecule has 113 heavy (non-hydrogen) atoms. The third kappa shape index (κ3) is 10.3. The second-order valence-corrected chi connectivity index (χ2v) is 33.5. The van der Waals surface area contributed by atoms with Crippen LogP contribution in [0.2, 0.25) is 0 Å². The van der Waals surface area contributed by atoms with Crippen LogP contribution in [0.4, 0.5) is 102 Å². The summed E-state index contributed by atoms with van der Waals surface area (Å²) in [6, 6.07) is 115. The van der Waals surface area contributed by atoms with Crippen molar-refractivity contribution in [1.82, 2.24) is 0 Å². The molecule has 21 rings (SSSR count). The van der Waals surface area contributed by atoms with E-state index in [1.807, 2.05) is 0 Å². The molecule has 15 aromatic carbocycles. The fraction of sp³-hybridized carbons (Fsp3) is 0.135. The number of fused-ring (bicyclic) bond motifs is 12. The zero-order chi connectivity index (χ0) is 76.9. The Bertz CT molecular complexity index is 5830. The Morgan fingerprint density at radius 2 is 0.372 bits per heavy atom. The van der Waals surface area contributed by atoms with E-state index >= 15 is 0 Å². The molecule has 0 radical (unpaired) electrons. The van der Waals surface area contributed by atoms with Crippen LogP contribution in [-0.4, -0.2) is 20.1 Å². The van der Waals surface area contributed by atoms with E-state index in [4.69, 9.17) is 0 Å². The molecule has 6 aliphatic heterocycles. The van der Waals surface area contributed by atoms with E-state index in [0.29, 0.717) is 0 Å². The average molecular weight is 1450 g/mol. The lowest BCUT2D eigenvalue weighted by molar-refractivity contribution is 0.705. The van der Waals surface area contributed by atoms with Gasteiger partial charge in [-0.15, -0.1) is 0 Å². The summed E-state index contributed by atoms with van der Waals surface area (Å²) in [5, 5.41) is 0. The van der Waals surface area contributed by atoms with E-state index in [2.05, 4.69) is 411 Å². The number of benzene rings is 15. The summed E-state index contributed by atoms with van der Waals surface area (Å²) in [4.78, 5) is 15.7. The van der Waals surface area contributed by atoms with E-state index in [-0.39, 0.29) is 20.1 Å². The van der Waals surface area contributed by atoms with Gasteiger partial charge in [0.25, 0.3) is 20.1 Å². The zero-order valence-electron chi connectivity index (χ0n) is 66.6. The van der Waals surface area contributed by atoms with Crippen LogP contribution in [0.25, 0.3) is 0 Å². The van der Waals surface area contributed by atoms with Crippen molar-refractivity contribution >= 4 is 172 Å². The molecule has 0 amide bonds. The van der Waals surface area contributed by atoms with E-state index < -0.39 is 5.41 Å². The van der Waals surface area contributed by atoms with Gasteiger partial charge in [0.2, 0.25) is 0 Å². The Hall–Kier alpha value is -12.7. The Balaban J connectivity index is 0.951. The highest BCUT2D eigenvalue weighted by molar-refractivity contribution is 7.02. The van der Waals surface area contributed by atoms with Crippen LogP contribution in [0.3, 0.4) is 0 Å². The van der Waals surface area contributed by atoms with Crippen LogP contribution >= 0.6 is 0 Å². The van der Waals surface area contributed by atoms with Gasteiger partial charge in [0, 0.05) is 108 Å². The van der Waals surface area contributed by atoms with Crippen molar-refractivity contribution in [3.8, 4) is 0 Å². The summed E-state index contributed by atoms with van der Waals surface area (Å²) >= 11 is 0. The Kier molecular flexibility index (Phi) is 15.4. The molecule has 15 aromatic rings. The van der Waals surface area contributed by atoms with Crippen molar-refractivity contribution in [2.75, 3.05) is 29.4 Å². The predicted octanol–water partition coefficient (Wildman–Crippen LogP) is 21.0. The van der Waals surface area contributed by atoms with Gasteiger partial charge in [0.15, 0.2) is 0 Å². The van der Waals surface area contributed by atoms with E-state index in [9.17, 15) is 0 Å². The summed E-state index contributed by atoms with van der Waals surface area (Å²) in [5.74, 6) is 0. The van der Waals surface area contributed by atoms with Gasteiger partial charge in [0.1, 0.15) is 0 Å². The SMILES string of the molecule is Cc1ccc(N2c3ccc(C)cc3B3c4c2cc(C)cc4N(c2ccc(C)cc2)c2cccc(C(C)(c4cccc5c4B4c6cc(C)ccc6N(c6ccc(C)cc6)c6cc(C)cc(c64)N5c4ccc(C)cc4)c4cccc5c4B4c6cc(C)ccc6N(c6ccc(C)cc6)c6cc(C)cc(c64)N5c4ccc(C)cc4)c23)cc1. The Labute approximate surface area is 666 Å². The first-order chi connectivity index (χ1) is 54.8. The topological polar surface area (TPSA) is 19.4 Å². The largest absolute Gasteiger partial charge is 0.311 e. The van der Waals surface area contributed by atoms with Crippen molar-refractivity contribution < 1.29 is 0 Å². The average Bonchev–Trinajstić information content (AvgIpc) is 0.670. The molecule has 9 heteroatoms. The lowest BCUT2D eigenvalue weighted by Gasteiger charge is -2.50. The molecular weight excluding hydrogens is 1370 g/mol. The molecule has 0 atom stereocenters. The molecule has 6 heterocycles. The first kappa shape index (κ1) is 68.3. The minimum atomic E-state index is -1.03. The highest BCUT2D eigenvalue weighted by Crippen LogP contribution is 2.54. The number of aryl methyl sites for hydroxylation is 12. The van der Waals surface area contributed by atoms with Gasteiger partial charge < -0.3 is 29.4 Å². The van der Waals surface area contributed by atoms with Gasteiger partial charge in [0.05, 0.1) is 0 Å². The molecule has 0 saturated carbocycles. The van der Waals surface area contributed by atoms with Gasteiger partial charge in [-0.3, -0.25) is 0 Å². The maximum absolute atomic E-state index is 2.68. The molecular formula is C104H87B3N6. The van der Waals surface area contributed by atoms with Gasteiger partial charge in [-0.05, 0) is 318 Å². The molecule has 0 aromatic heterocycles. The summed E-state index contributed by atoms with van der Waals surface area (Å²) in [7, 11) is 0. The quantitative estimate of drug-likeness (QED) is 0.105. The smallest absolute Gasteiger partial charge is 0.252 e. The molecule has 0 N–H and O–H groups in total. The van der Waals surface area contributed by atoms with Crippen molar-refractivity contribution in [3.63, 3.8) is 0 Å². The van der Waals surface area contributed by atoms with E-state index in [1.165, 1.54) is 201 Å². The lowest BCUT2D eigenvalue weighted by atomic mass is 9.29. The molecule has 0 fully saturated rings. The maximum Gasteiger partial charge on any atom is 0.252 e. The van der Waals surface area contributed by atoms with Gasteiger partial charge >= 0.3 is 0 Å².